The number of carbonyl (C=O) groups excluding carboxylic acids is 1. The van der Waals surface area contributed by atoms with Crippen LogP contribution < -0.4 is 11.1 Å². The van der Waals surface area contributed by atoms with Gasteiger partial charge in [-0.1, -0.05) is 30.3 Å². The number of benzene rings is 1. The van der Waals surface area contributed by atoms with E-state index in [-0.39, 0.29) is 12.1 Å². The minimum Gasteiger partial charge on any atom is -0.330 e. The standard InChI is InChI=1S/C12H19N3O/c1-3-15(2)12(16)14-11(9-13)10-7-5-4-6-8-10/h4-8,11H,3,9,13H2,1-2H3,(H,14,16). The fourth-order valence-corrected chi connectivity index (χ4v) is 1.37. The summed E-state index contributed by atoms with van der Waals surface area (Å²) in [5.74, 6) is 0. The van der Waals surface area contributed by atoms with Crippen molar-refractivity contribution in [3.63, 3.8) is 0 Å². The number of hydrogen-bond acceptors (Lipinski definition) is 2. The monoisotopic (exact) mass is 221 g/mol. The van der Waals surface area contributed by atoms with Crippen LogP contribution in [-0.2, 0) is 0 Å². The summed E-state index contributed by atoms with van der Waals surface area (Å²) in [4.78, 5) is 13.3. The van der Waals surface area contributed by atoms with Crippen molar-refractivity contribution >= 4 is 6.03 Å². The number of urea groups is 1. The predicted molar refractivity (Wildman–Crippen MR) is 65.1 cm³/mol. The molecule has 2 amide bonds. The first kappa shape index (κ1) is 12.5. The summed E-state index contributed by atoms with van der Waals surface area (Å²) in [6.45, 7) is 3.00. The van der Waals surface area contributed by atoms with Gasteiger partial charge in [0, 0.05) is 20.1 Å². The molecule has 1 rings (SSSR count). The number of rotatable bonds is 4. The predicted octanol–water partition coefficient (Wildman–Crippen LogP) is 1.35. The minimum absolute atomic E-state index is 0.0956. The van der Waals surface area contributed by atoms with E-state index in [1.165, 1.54) is 0 Å². The Kier molecular flexibility index (Phi) is 4.79. The van der Waals surface area contributed by atoms with Gasteiger partial charge in [0.25, 0.3) is 0 Å². The maximum atomic E-state index is 11.7. The lowest BCUT2D eigenvalue weighted by Gasteiger charge is -2.22. The van der Waals surface area contributed by atoms with Crippen LogP contribution in [-0.4, -0.2) is 31.1 Å². The Morgan fingerprint density at radius 3 is 2.56 bits per heavy atom. The molecule has 0 aliphatic carbocycles. The lowest BCUT2D eigenvalue weighted by atomic mass is 10.1. The van der Waals surface area contributed by atoms with Crippen LogP contribution in [0.1, 0.15) is 18.5 Å². The van der Waals surface area contributed by atoms with Crippen LogP contribution in [0.2, 0.25) is 0 Å². The molecule has 1 unspecified atom stereocenters. The molecule has 4 heteroatoms. The van der Waals surface area contributed by atoms with Crippen LogP contribution in [0.4, 0.5) is 4.79 Å². The first-order chi connectivity index (χ1) is 7.69. The third-order valence-corrected chi connectivity index (χ3v) is 2.56. The first-order valence-electron chi connectivity index (χ1n) is 5.45. The molecule has 0 heterocycles. The van der Waals surface area contributed by atoms with Gasteiger partial charge in [0.15, 0.2) is 0 Å². The van der Waals surface area contributed by atoms with Crippen LogP contribution in [0.25, 0.3) is 0 Å². The zero-order chi connectivity index (χ0) is 12.0. The largest absolute Gasteiger partial charge is 0.330 e. The van der Waals surface area contributed by atoms with Crippen molar-refractivity contribution in [2.45, 2.75) is 13.0 Å². The number of nitrogens with two attached hydrogens (primary N) is 1. The quantitative estimate of drug-likeness (QED) is 0.806. The van der Waals surface area contributed by atoms with Gasteiger partial charge in [0.05, 0.1) is 6.04 Å². The van der Waals surface area contributed by atoms with E-state index >= 15 is 0 Å². The van der Waals surface area contributed by atoms with E-state index < -0.39 is 0 Å². The molecule has 0 aliphatic rings. The second-order valence-corrected chi connectivity index (χ2v) is 3.66. The topological polar surface area (TPSA) is 58.4 Å². The second-order valence-electron chi connectivity index (χ2n) is 3.66. The highest BCUT2D eigenvalue weighted by Gasteiger charge is 2.14. The summed E-state index contributed by atoms with van der Waals surface area (Å²) in [5, 5.41) is 2.90. The van der Waals surface area contributed by atoms with Crippen molar-refractivity contribution in [3.8, 4) is 0 Å². The Morgan fingerprint density at radius 1 is 1.44 bits per heavy atom. The van der Waals surface area contributed by atoms with E-state index in [2.05, 4.69) is 5.32 Å². The van der Waals surface area contributed by atoms with Gasteiger partial charge in [0.1, 0.15) is 0 Å². The molecule has 1 aromatic rings. The van der Waals surface area contributed by atoms with Crippen molar-refractivity contribution in [1.82, 2.24) is 10.2 Å². The molecule has 1 atom stereocenters. The first-order valence-corrected chi connectivity index (χ1v) is 5.45. The van der Waals surface area contributed by atoms with Gasteiger partial charge in [-0.15, -0.1) is 0 Å². The van der Waals surface area contributed by atoms with Crippen molar-refractivity contribution < 1.29 is 4.79 Å². The van der Waals surface area contributed by atoms with E-state index in [0.29, 0.717) is 13.1 Å². The van der Waals surface area contributed by atoms with Crippen molar-refractivity contribution in [2.24, 2.45) is 5.73 Å². The van der Waals surface area contributed by atoms with Gasteiger partial charge >= 0.3 is 6.03 Å². The molecule has 0 saturated carbocycles. The maximum absolute atomic E-state index is 11.7. The highest BCUT2D eigenvalue weighted by atomic mass is 16.2. The Morgan fingerprint density at radius 2 is 2.06 bits per heavy atom. The molecule has 1 aromatic carbocycles. The fraction of sp³-hybridized carbons (Fsp3) is 0.417. The van der Waals surface area contributed by atoms with Crippen molar-refractivity contribution in [2.75, 3.05) is 20.1 Å². The van der Waals surface area contributed by atoms with Gasteiger partial charge in [-0.3, -0.25) is 0 Å². The highest BCUT2D eigenvalue weighted by Crippen LogP contribution is 2.10. The molecule has 4 nitrogen and oxygen atoms in total. The zero-order valence-corrected chi connectivity index (χ0v) is 9.81. The van der Waals surface area contributed by atoms with E-state index in [1.807, 2.05) is 37.3 Å². The summed E-state index contributed by atoms with van der Waals surface area (Å²) < 4.78 is 0. The van der Waals surface area contributed by atoms with Gasteiger partial charge < -0.3 is 16.0 Å². The average Bonchev–Trinajstić information content (AvgIpc) is 2.35. The third kappa shape index (κ3) is 3.24. The van der Waals surface area contributed by atoms with E-state index in [0.717, 1.165) is 5.56 Å². The van der Waals surface area contributed by atoms with Crippen LogP contribution in [0.5, 0.6) is 0 Å². The second kappa shape index (κ2) is 6.12. The molecule has 16 heavy (non-hydrogen) atoms. The highest BCUT2D eigenvalue weighted by molar-refractivity contribution is 5.74. The number of carbonyl (C=O) groups is 1. The summed E-state index contributed by atoms with van der Waals surface area (Å²) in [6, 6.07) is 9.52. The van der Waals surface area contributed by atoms with Crippen LogP contribution in [0.3, 0.4) is 0 Å². The summed E-state index contributed by atoms with van der Waals surface area (Å²) in [7, 11) is 1.76. The molecule has 0 radical (unpaired) electrons. The average molecular weight is 221 g/mol. The molecule has 0 aliphatic heterocycles. The smallest absolute Gasteiger partial charge is 0.317 e. The van der Waals surface area contributed by atoms with Gasteiger partial charge in [-0.25, -0.2) is 4.79 Å². The molecule has 0 saturated heterocycles. The van der Waals surface area contributed by atoms with E-state index in [1.54, 1.807) is 11.9 Å². The lowest BCUT2D eigenvalue weighted by molar-refractivity contribution is 0.207. The normalized spacial score (nSPS) is 11.9. The van der Waals surface area contributed by atoms with Crippen molar-refractivity contribution in [1.29, 1.82) is 0 Å². The van der Waals surface area contributed by atoms with Crippen LogP contribution >= 0.6 is 0 Å². The maximum Gasteiger partial charge on any atom is 0.317 e. The summed E-state index contributed by atoms with van der Waals surface area (Å²) in [6.07, 6.45) is 0. The molecular weight excluding hydrogens is 202 g/mol. The zero-order valence-electron chi connectivity index (χ0n) is 9.81. The van der Waals surface area contributed by atoms with Gasteiger partial charge in [-0.2, -0.15) is 0 Å². The number of amides is 2. The molecule has 0 spiro atoms. The summed E-state index contributed by atoms with van der Waals surface area (Å²) >= 11 is 0. The Labute approximate surface area is 96.4 Å². The Balaban J connectivity index is 2.66. The SMILES string of the molecule is CCN(C)C(=O)NC(CN)c1ccccc1. The fourth-order valence-electron chi connectivity index (χ4n) is 1.37. The molecule has 3 N–H and O–H groups in total. The van der Waals surface area contributed by atoms with Gasteiger partial charge in [0.2, 0.25) is 0 Å². The lowest BCUT2D eigenvalue weighted by Crippen LogP contribution is -2.41. The molecule has 0 aromatic heterocycles. The molecule has 0 bridgehead atoms. The minimum atomic E-state index is -0.123. The number of nitrogens with zero attached hydrogens (tertiary/aromatic N) is 1. The molecule has 88 valence electrons. The molecular formula is C12H19N3O. The number of hydrogen-bond donors (Lipinski definition) is 2. The number of nitrogens with one attached hydrogen (secondary N) is 1. The Hall–Kier alpha value is -1.55. The van der Waals surface area contributed by atoms with E-state index in [4.69, 9.17) is 5.73 Å². The van der Waals surface area contributed by atoms with Crippen LogP contribution in [0, 0.1) is 0 Å². The Bertz CT molecular complexity index is 326. The van der Waals surface area contributed by atoms with Crippen molar-refractivity contribution in [3.05, 3.63) is 35.9 Å². The summed E-state index contributed by atoms with van der Waals surface area (Å²) in [5.41, 5.74) is 6.69. The van der Waals surface area contributed by atoms with Gasteiger partial charge in [-0.05, 0) is 12.5 Å². The van der Waals surface area contributed by atoms with E-state index in [9.17, 15) is 4.79 Å². The molecule has 0 fully saturated rings. The third-order valence-electron chi connectivity index (χ3n) is 2.56. The van der Waals surface area contributed by atoms with Crippen LogP contribution in [0.15, 0.2) is 30.3 Å².